The maximum absolute atomic E-state index is 12.6. The fraction of sp³-hybridized carbons (Fsp3) is 0.611. The van der Waals surface area contributed by atoms with Crippen LogP contribution in [0, 0.1) is 13.8 Å². The molecule has 3 rings (SSSR count). The van der Waals surface area contributed by atoms with E-state index in [1.807, 2.05) is 24.0 Å². The van der Waals surface area contributed by atoms with Gasteiger partial charge in [0.25, 0.3) is 5.91 Å². The average molecular weight is 303 g/mol. The highest BCUT2D eigenvalue weighted by Gasteiger charge is 2.45. The molecule has 1 spiro atoms. The van der Waals surface area contributed by atoms with Gasteiger partial charge >= 0.3 is 0 Å². The van der Waals surface area contributed by atoms with Crippen molar-refractivity contribution in [3.8, 4) is 5.75 Å². The third-order valence-corrected chi connectivity index (χ3v) is 5.02. The number of amides is 1. The van der Waals surface area contributed by atoms with Gasteiger partial charge in [-0.25, -0.2) is 0 Å². The molecule has 1 aromatic rings. The Balaban J connectivity index is 1.65. The highest BCUT2D eigenvalue weighted by Crippen LogP contribution is 2.38. The Morgan fingerprint density at radius 1 is 1.27 bits per heavy atom. The van der Waals surface area contributed by atoms with E-state index in [1.54, 1.807) is 0 Å². The summed E-state index contributed by atoms with van der Waals surface area (Å²) in [5.41, 5.74) is 1.93. The van der Waals surface area contributed by atoms with Crippen molar-refractivity contribution in [3.05, 3.63) is 29.3 Å². The summed E-state index contributed by atoms with van der Waals surface area (Å²) in [6, 6.07) is 5.94. The van der Waals surface area contributed by atoms with Crippen LogP contribution >= 0.6 is 0 Å². The molecule has 1 heterocycles. The van der Waals surface area contributed by atoms with E-state index in [2.05, 4.69) is 13.0 Å². The Morgan fingerprint density at radius 2 is 2.05 bits per heavy atom. The number of ether oxygens (including phenoxy) is 2. The van der Waals surface area contributed by atoms with Crippen LogP contribution in [-0.4, -0.2) is 36.3 Å². The van der Waals surface area contributed by atoms with Crippen molar-refractivity contribution in [1.82, 2.24) is 4.90 Å². The molecule has 0 aromatic heterocycles. The zero-order valence-electron chi connectivity index (χ0n) is 13.6. The van der Waals surface area contributed by atoms with Crippen molar-refractivity contribution in [2.24, 2.45) is 0 Å². The normalized spacial score (nSPS) is 20.4. The fourth-order valence-electron chi connectivity index (χ4n) is 3.58. The van der Waals surface area contributed by atoms with E-state index < -0.39 is 0 Å². The van der Waals surface area contributed by atoms with Gasteiger partial charge in [-0.2, -0.15) is 0 Å². The summed E-state index contributed by atoms with van der Waals surface area (Å²) in [5.74, 6) is 0.839. The number of hydrogen-bond donors (Lipinski definition) is 0. The van der Waals surface area contributed by atoms with Gasteiger partial charge in [-0.3, -0.25) is 4.79 Å². The number of nitrogens with zero attached hydrogens (tertiary/aromatic N) is 1. The summed E-state index contributed by atoms with van der Waals surface area (Å²) >= 11 is 0. The number of carbonyl (C=O) groups is 1. The van der Waals surface area contributed by atoms with E-state index >= 15 is 0 Å². The van der Waals surface area contributed by atoms with E-state index in [-0.39, 0.29) is 18.2 Å². The molecule has 1 aromatic carbocycles. The topological polar surface area (TPSA) is 38.8 Å². The summed E-state index contributed by atoms with van der Waals surface area (Å²) in [5, 5.41) is 0. The zero-order chi connectivity index (χ0) is 15.6. The molecule has 0 radical (unpaired) electrons. The molecule has 4 nitrogen and oxygen atoms in total. The van der Waals surface area contributed by atoms with E-state index in [0.717, 1.165) is 37.0 Å². The largest absolute Gasteiger partial charge is 0.483 e. The molecule has 4 heteroatoms. The molecule has 1 aliphatic carbocycles. The monoisotopic (exact) mass is 303 g/mol. The summed E-state index contributed by atoms with van der Waals surface area (Å²) < 4.78 is 11.7. The minimum Gasteiger partial charge on any atom is -0.483 e. The van der Waals surface area contributed by atoms with Crippen molar-refractivity contribution in [1.29, 1.82) is 0 Å². The number of aryl methyl sites for hydroxylation is 1. The first kappa shape index (κ1) is 15.3. The van der Waals surface area contributed by atoms with Crippen LogP contribution < -0.4 is 4.74 Å². The molecule has 0 bridgehead atoms. The van der Waals surface area contributed by atoms with Gasteiger partial charge in [0, 0.05) is 6.54 Å². The minimum absolute atomic E-state index is 0.0420. The Labute approximate surface area is 132 Å². The lowest BCUT2D eigenvalue weighted by Gasteiger charge is -2.39. The average Bonchev–Trinajstić information content (AvgIpc) is 2.92. The molecule has 22 heavy (non-hydrogen) atoms. The SMILES string of the molecule is Cc1cccc(OCC(=O)N2CCOC23CCCCC3)c1C. The van der Waals surface area contributed by atoms with Crippen LogP contribution in [0.3, 0.4) is 0 Å². The van der Waals surface area contributed by atoms with E-state index in [1.165, 1.54) is 12.0 Å². The second-order valence-electron chi connectivity index (χ2n) is 6.39. The molecule has 2 aliphatic rings. The van der Waals surface area contributed by atoms with Crippen LogP contribution in [0.15, 0.2) is 18.2 Å². The van der Waals surface area contributed by atoms with Crippen LogP contribution in [0.4, 0.5) is 0 Å². The molecule has 0 atom stereocenters. The molecule has 2 fully saturated rings. The van der Waals surface area contributed by atoms with Gasteiger partial charge < -0.3 is 14.4 Å². The van der Waals surface area contributed by atoms with Crippen molar-refractivity contribution in [3.63, 3.8) is 0 Å². The van der Waals surface area contributed by atoms with Crippen molar-refractivity contribution in [2.75, 3.05) is 19.8 Å². The van der Waals surface area contributed by atoms with Crippen molar-refractivity contribution >= 4 is 5.91 Å². The summed E-state index contributed by atoms with van der Waals surface area (Å²) in [6.07, 6.45) is 5.44. The quantitative estimate of drug-likeness (QED) is 0.860. The molecule has 1 amide bonds. The Bertz CT molecular complexity index is 549. The highest BCUT2D eigenvalue weighted by molar-refractivity contribution is 5.78. The Morgan fingerprint density at radius 3 is 2.82 bits per heavy atom. The van der Waals surface area contributed by atoms with Gasteiger partial charge in [0.05, 0.1) is 6.61 Å². The highest BCUT2D eigenvalue weighted by atomic mass is 16.5. The van der Waals surface area contributed by atoms with E-state index in [4.69, 9.17) is 9.47 Å². The first-order valence-corrected chi connectivity index (χ1v) is 8.26. The fourth-order valence-corrected chi connectivity index (χ4v) is 3.58. The number of carbonyl (C=O) groups excluding carboxylic acids is 1. The lowest BCUT2D eigenvalue weighted by atomic mass is 9.90. The molecular weight excluding hydrogens is 278 g/mol. The van der Waals surface area contributed by atoms with Crippen LogP contribution in [0.2, 0.25) is 0 Å². The molecule has 1 saturated carbocycles. The van der Waals surface area contributed by atoms with Crippen molar-refractivity contribution in [2.45, 2.75) is 51.7 Å². The molecule has 0 unspecified atom stereocenters. The summed E-state index contributed by atoms with van der Waals surface area (Å²) in [7, 11) is 0. The third kappa shape index (κ3) is 2.84. The minimum atomic E-state index is -0.347. The first-order valence-electron chi connectivity index (χ1n) is 8.26. The lowest BCUT2D eigenvalue weighted by Crippen LogP contribution is -2.50. The predicted molar refractivity (Wildman–Crippen MR) is 84.9 cm³/mol. The van der Waals surface area contributed by atoms with Crippen LogP contribution in [-0.2, 0) is 9.53 Å². The molecule has 120 valence electrons. The summed E-state index contributed by atoms with van der Waals surface area (Å²) in [6.45, 7) is 5.51. The van der Waals surface area contributed by atoms with Gasteiger partial charge in [0.2, 0.25) is 0 Å². The third-order valence-electron chi connectivity index (χ3n) is 5.02. The van der Waals surface area contributed by atoms with Crippen molar-refractivity contribution < 1.29 is 14.3 Å². The second kappa shape index (κ2) is 6.29. The standard InChI is InChI=1S/C18H25NO3/c1-14-7-6-8-16(15(14)2)21-13-17(20)19-11-12-22-18(19)9-4-3-5-10-18/h6-8H,3-5,9-13H2,1-2H3. The van der Waals surface area contributed by atoms with Gasteiger partial charge in [-0.05, 0) is 56.7 Å². The van der Waals surface area contributed by atoms with Crippen LogP contribution in [0.25, 0.3) is 0 Å². The van der Waals surface area contributed by atoms with Gasteiger partial charge in [0.1, 0.15) is 11.5 Å². The van der Waals surface area contributed by atoms with Gasteiger partial charge in [0.15, 0.2) is 6.61 Å². The van der Waals surface area contributed by atoms with E-state index in [9.17, 15) is 4.79 Å². The summed E-state index contributed by atoms with van der Waals surface area (Å²) in [4.78, 5) is 14.5. The molecule has 1 aliphatic heterocycles. The number of benzene rings is 1. The number of rotatable bonds is 3. The lowest BCUT2D eigenvalue weighted by molar-refractivity contribution is -0.157. The maximum Gasteiger partial charge on any atom is 0.262 e. The molecule has 0 N–H and O–H groups in total. The van der Waals surface area contributed by atoms with Gasteiger partial charge in [-0.1, -0.05) is 18.6 Å². The van der Waals surface area contributed by atoms with E-state index in [0.29, 0.717) is 13.2 Å². The number of hydrogen-bond acceptors (Lipinski definition) is 3. The second-order valence-corrected chi connectivity index (χ2v) is 6.39. The smallest absolute Gasteiger partial charge is 0.262 e. The molecule has 1 saturated heterocycles. The Kier molecular flexibility index (Phi) is 4.39. The molecular formula is C18H25NO3. The first-order chi connectivity index (χ1) is 10.6. The van der Waals surface area contributed by atoms with Crippen LogP contribution in [0.5, 0.6) is 5.75 Å². The zero-order valence-corrected chi connectivity index (χ0v) is 13.6. The maximum atomic E-state index is 12.6. The van der Waals surface area contributed by atoms with Crippen LogP contribution in [0.1, 0.15) is 43.2 Å². The predicted octanol–water partition coefficient (Wildman–Crippen LogP) is 3.20. The van der Waals surface area contributed by atoms with Gasteiger partial charge in [-0.15, -0.1) is 0 Å². The Hall–Kier alpha value is -1.55.